The molecule has 24 heavy (non-hydrogen) atoms. The smallest absolute Gasteiger partial charge is 0.300 e. The van der Waals surface area contributed by atoms with E-state index in [2.05, 4.69) is 35.2 Å². The highest BCUT2D eigenvalue weighted by Crippen LogP contribution is 2.19. The van der Waals surface area contributed by atoms with Crippen molar-refractivity contribution < 1.29 is 4.79 Å². The number of aryl methyl sites for hydroxylation is 3. The predicted octanol–water partition coefficient (Wildman–Crippen LogP) is 3.63. The van der Waals surface area contributed by atoms with Gasteiger partial charge in [0.25, 0.3) is 5.91 Å². The number of aromatic nitrogens is 3. The van der Waals surface area contributed by atoms with Crippen molar-refractivity contribution in [1.29, 1.82) is 0 Å². The fourth-order valence-electron chi connectivity index (χ4n) is 2.76. The van der Waals surface area contributed by atoms with Crippen LogP contribution < -0.4 is 4.80 Å². The number of hydrogen-bond acceptors (Lipinski definition) is 3. The summed E-state index contributed by atoms with van der Waals surface area (Å²) in [6, 6.07) is 8.40. The van der Waals surface area contributed by atoms with E-state index in [1.165, 1.54) is 16.9 Å². The van der Waals surface area contributed by atoms with Gasteiger partial charge in [-0.15, -0.1) is 0 Å². The maximum Gasteiger partial charge on any atom is 0.300 e. The van der Waals surface area contributed by atoms with E-state index in [9.17, 15) is 4.79 Å². The summed E-state index contributed by atoms with van der Waals surface area (Å²) >= 11 is 1.53. The number of rotatable bonds is 3. The molecule has 0 saturated heterocycles. The number of fused-ring (bicyclic) bond motifs is 1. The van der Waals surface area contributed by atoms with Crippen molar-refractivity contribution in [3.63, 3.8) is 0 Å². The molecule has 6 heteroatoms. The van der Waals surface area contributed by atoms with Gasteiger partial charge in [0.2, 0.25) is 0 Å². The lowest BCUT2D eigenvalue weighted by molar-refractivity contribution is 0.0992. The summed E-state index contributed by atoms with van der Waals surface area (Å²) in [5, 5.41) is 4.39. The van der Waals surface area contributed by atoms with Gasteiger partial charge < -0.3 is 4.57 Å². The zero-order valence-electron chi connectivity index (χ0n) is 14.7. The lowest BCUT2D eigenvalue weighted by Crippen LogP contribution is -2.14. The summed E-state index contributed by atoms with van der Waals surface area (Å²) in [6.45, 7) is 8.18. The molecule has 0 saturated carbocycles. The maximum atomic E-state index is 12.5. The van der Waals surface area contributed by atoms with E-state index < -0.39 is 0 Å². The van der Waals surface area contributed by atoms with Crippen LogP contribution in [-0.2, 0) is 13.5 Å². The van der Waals surface area contributed by atoms with Gasteiger partial charge in [0.05, 0.1) is 10.2 Å². The first-order chi connectivity index (χ1) is 11.4. The first-order valence-electron chi connectivity index (χ1n) is 8.14. The third kappa shape index (κ3) is 2.94. The first kappa shape index (κ1) is 16.6. The van der Waals surface area contributed by atoms with Crippen molar-refractivity contribution in [3.05, 3.63) is 46.0 Å². The second-order valence-electron chi connectivity index (χ2n) is 6.23. The number of hydrogen-bond donors (Lipinski definition) is 0. The molecule has 0 aliphatic carbocycles. The van der Waals surface area contributed by atoms with Crippen LogP contribution in [0.15, 0.2) is 29.3 Å². The quantitative estimate of drug-likeness (QED) is 0.730. The Labute approximate surface area is 145 Å². The van der Waals surface area contributed by atoms with Crippen LogP contribution in [0.4, 0.5) is 0 Å². The molecule has 2 aromatic heterocycles. The van der Waals surface area contributed by atoms with Crippen molar-refractivity contribution >= 4 is 27.5 Å². The summed E-state index contributed by atoms with van der Waals surface area (Å²) in [7, 11) is 1.94. The lowest BCUT2D eigenvalue weighted by Gasteiger charge is -2.06. The molecular weight excluding hydrogens is 320 g/mol. The van der Waals surface area contributed by atoms with E-state index in [4.69, 9.17) is 0 Å². The van der Waals surface area contributed by atoms with Crippen LogP contribution >= 0.6 is 11.3 Å². The molecule has 3 aromatic rings. The maximum absolute atomic E-state index is 12.5. The second-order valence-corrected chi connectivity index (χ2v) is 7.23. The molecule has 0 aliphatic heterocycles. The summed E-state index contributed by atoms with van der Waals surface area (Å²) < 4.78 is 4.96. The normalized spacial score (nSPS) is 12.5. The molecule has 0 radical (unpaired) electrons. The van der Waals surface area contributed by atoms with Crippen molar-refractivity contribution in [3.8, 4) is 0 Å². The number of thiazole rings is 1. The molecule has 3 rings (SSSR count). The number of carbonyl (C=O) groups is 1. The van der Waals surface area contributed by atoms with Gasteiger partial charge in [0.1, 0.15) is 0 Å². The van der Waals surface area contributed by atoms with Crippen molar-refractivity contribution in [2.45, 2.75) is 40.2 Å². The predicted molar refractivity (Wildman–Crippen MR) is 97.4 cm³/mol. The summed E-state index contributed by atoms with van der Waals surface area (Å²) in [5.41, 5.74) is 3.74. The van der Waals surface area contributed by atoms with Gasteiger partial charge >= 0.3 is 0 Å². The van der Waals surface area contributed by atoms with E-state index in [1.807, 2.05) is 37.1 Å². The van der Waals surface area contributed by atoms with Gasteiger partial charge in [-0.1, -0.05) is 24.3 Å². The van der Waals surface area contributed by atoms with Crippen molar-refractivity contribution in [2.75, 3.05) is 0 Å². The van der Waals surface area contributed by atoms with E-state index in [0.29, 0.717) is 10.5 Å². The molecule has 1 amide bonds. The lowest BCUT2D eigenvalue weighted by atomic mass is 10.2. The number of benzene rings is 1. The number of carbonyl (C=O) groups excluding carboxylic acids is 1. The van der Waals surface area contributed by atoms with Gasteiger partial charge in [0, 0.05) is 18.8 Å². The highest BCUT2D eigenvalue weighted by Gasteiger charge is 2.14. The molecule has 1 aromatic carbocycles. The summed E-state index contributed by atoms with van der Waals surface area (Å²) in [6.07, 6.45) is 0.995. The minimum atomic E-state index is -0.296. The molecule has 126 valence electrons. The Bertz CT molecular complexity index is 975. The minimum Gasteiger partial charge on any atom is -0.319 e. The highest BCUT2D eigenvalue weighted by molar-refractivity contribution is 7.16. The zero-order valence-corrected chi connectivity index (χ0v) is 15.5. The number of nitrogens with zero attached hydrogens (tertiary/aromatic N) is 4. The van der Waals surface area contributed by atoms with E-state index in [1.54, 1.807) is 6.07 Å². The Morgan fingerprint density at radius 3 is 2.71 bits per heavy atom. The van der Waals surface area contributed by atoms with Gasteiger partial charge in [-0.3, -0.25) is 9.48 Å². The van der Waals surface area contributed by atoms with Gasteiger partial charge in [0.15, 0.2) is 10.5 Å². The second kappa shape index (κ2) is 6.36. The average Bonchev–Trinajstić information content (AvgIpc) is 3.08. The molecule has 2 heterocycles. The van der Waals surface area contributed by atoms with E-state index in [0.717, 1.165) is 22.3 Å². The molecule has 5 nitrogen and oxygen atoms in total. The molecule has 0 unspecified atom stereocenters. The van der Waals surface area contributed by atoms with E-state index >= 15 is 0 Å². The first-order valence-corrected chi connectivity index (χ1v) is 8.96. The third-order valence-corrected chi connectivity index (χ3v) is 5.20. The van der Waals surface area contributed by atoms with Gasteiger partial charge in [-0.05, 0) is 51.0 Å². The molecule has 0 aliphatic rings. The monoisotopic (exact) mass is 342 g/mol. The molecule has 0 bridgehead atoms. The van der Waals surface area contributed by atoms with Crippen LogP contribution in [-0.4, -0.2) is 20.3 Å². The average molecular weight is 342 g/mol. The zero-order chi connectivity index (χ0) is 17.4. The fourth-order valence-corrected chi connectivity index (χ4v) is 3.84. The van der Waals surface area contributed by atoms with Gasteiger partial charge in [-0.25, -0.2) is 0 Å². The van der Waals surface area contributed by atoms with Crippen LogP contribution in [0.5, 0.6) is 0 Å². The Hall–Kier alpha value is -2.21. The largest absolute Gasteiger partial charge is 0.319 e. The standard InChI is InChI=1S/C18H22N4OS/c1-6-13-7-8-15-16(10-13)24-18(21(15)5)19-17(23)14-9-12(4)22(20-14)11(2)3/h7-11H,6H2,1-5H3. The highest BCUT2D eigenvalue weighted by atomic mass is 32.1. The molecule has 0 N–H and O–H groups in total. The molecule has 0 fully saturated rings. The van der Waals surface area contributed by atoms with Crippen LogP contribution in [0.2, 0.25) is 0 Å². The Kier molecular flexibility index (Phi) is 4.41. The molecule has 0 spiro atoms. The Morgan fingerprint density at radius 1 is 1.33 bits per heavy atom. The van der Waals surface area contributed by atoms with E-state index in [-0.39, 0.29) is 11.9 Å². The topological polar surface area (TPSA) is 52.2 Å². The number of amides is 1. The summed E-state index contributed by atoms with van der Waals surface area (Å²) in [5.74, 6) is -0.296. The fraction of sp³-hybridized carbons (Fsp3) is 0.389. The molecular formula is C18H22N4OS. The van der Waals surface area contributed by atoms with Crippen molar-refractivity contribution in [1.82, 2.24) is 14.3 Å². The third-order valence-electron chi connectivity index (χ3n) is 4.11. The van der Waals surface area contributed by atoms with Crippen LogP contribution in [0.25, 0.3) is 10.2 Å². The van der Waals surface area contributed by atoms with Crippen LogP contribution in [0, 0.1) is 6.92 Å². The van der Waals surface area contributed by atoms with Crippen molar-refractivity contribution in [2.24, 2.45) is 12.0 Å². The molecule has 0 atom stereocenters. The minimum absolute atomic E-state index is 0.222. The van der Waals surface area contributed by atoms with Crippen LogP contribution in [0.3, 0.4) is 0 Å². The summed E-state index contributed by atoms with van der Waals surface area (Å²) in [4.78, 5) is 17.5. The SMILES string of the molecule is CCc1ccc2c(c1)sc(=NC(=O)c1cc(C)n(C(C)C)n1)n2C. The Balaban J connectivity index is 2.04. The Morgan fingerprint density at radius 2 is 2.08 bits per heavy atom. The van der Waals surface area contributed by atoms with Crippen LogP contribution in [0.1, 0.15) is 48.6 Å². The van der Waals surface area contributed by atoms with Gasteiger partial charge in [-0.2, -0.15) is 10.1 Å².